The summed E-state index contributed by atoms with van der Waals surface area (Å²) in [4.78, 5) is 30.5. The van der Waals surface area contributed by atoms with Crippen LogP contribution in [0.1, 0.15) is 44.9 Å². The van der Waals surface area contributed by atoms with Gasteiger partial charge in [0.15, 0.2) is 6.04 Å². The molecule has 3 saturated heterocycles. The highest BCUT2D eigenvalue weighted by molar-refractivity contribution is 6.21. The number of anilines is 2. The quantitative estimate of drug-likeness (QED) is 0.844. The van der Waals surface area contributed by atoms with E-state index in [0.717, 1.165) is 44.7 Å². The van der Waals surface area contributed by atoms with Crippen molar-refractivity contribution >= 4 is 23.2 Å². The average molecular weight is 342 g/mol. The van der Waals surface area contributed by atoms with Gasteiger partial charge < -0.3 is 9.80 Å². The summed E-state index contributed by atoms with van der Waals surface area (Å²) in [7, 11) is 0. The zero-order valence-corrected chi connectivity index (χ0v) is 14.9. The third-order valence-corrected chi connectivity index (χ3v) is 5.96. The summed E-state index contributed by atoms with van der Waals surface area (Å²) < 4.78 is 0. The largest absolute Gasteiger partial charge is 0.372 e. The van der Waals surface area contributed by atoms with Crippen LogP contribution in [0, 0.1) is 0 Å². The number of hydrogen-bond donors (Lipinski definition) is 1. The Bertz CT molecular complexity index is 631. The van der Waals surface area contributed by atoms with E-state index >= 15 is 0 Å². The first kappa shape index (κ1) is 16.6. The predicted octanol–water partition coefficient (Wildman–Crippen LogP) is 1.38. The van der Waals surface area contributed by atoms with Gasteiger partial charge in [-0.3, -0.25) is 9.59 Å². The summed E-state index contributed by atoms with van der Waals surface area (Å²) >= 11 is 0. The van der Waals surface area contributed by atoms with E-state index in [2.05, 4.69) is 17.0 Å². The zero-order chi connectivity index (χ0) is 17.2. The minimum Gasteiger partial charge on any atom is -0.372 e. The number of quaternary nitrogens is 1. The van der Waals surface area contributed by atoms with E-state index in [4.69, 9.17) is 0 Å². The van der Waals surface area contributed by atoms with Crippen molar-refractivity contribution in [3.8, 4) is 0 Å². The van der Waals surface area contributed by atoms with Crippen molar-refractivity contribution in [2.45, 2.75) is 51.0 Å². The summed E-state index contributed by atoms with van der Waals surface area (Å²) in [6.07, 6.45) is 7.74. The average Bonchev–Trinajstić information content (AvgIpc) is 2.98. The maximum atomic E-state index is 12.9. The molecular weight excluding hydrogens is 314 g/mol. The second-order valence-electron chi connectivity index (χ2n) is 7.61. The molecule has 0 unspecified atom stereocenters. The highest BCUT2D eigenvalue weighted by atomic mass is 16.2. The molecule has 0 spiro atoms. The Morgan fingerprint density at radius 3 is 2.08 bits per heavy atom. The van der Waals surface area contributed by atoms with Gasteiger partial charge in [0.2, 0.25) is 5.91 Å². The van der Waals surface area contributed by atoms with Gasteiger partial charge in [-0.15, -0.1) is 0 Å². The SMILES string of the molecule is O=C1C[C@H]([NH+]2CCCCC2)C(=O)N1c1ccc(N2CCCCC2)cc1. The van der Waals surface area contributed by atoms with Crippen LogP contribution in [-0.2, 0) is 9.59 Å². The maximum absolute atomic E-state index is 12.9. The highest BCUT2D eigenvalue weighted by Gasteiger charge is 2.45. The zero-order valence-electron chi connectivity index (χ0n) is 14.9. The number of amides is 2. The van der Waals surface area contributed by atoms with Gasteiger partial charge in [0, 0.05) is 18.8 Å². The summed E-state index contributed by atoms with van der Waals surface area (Å²) in [6.45, 7) is 4.24. The molecule has 0 saturated carbocycles. The molecule has 0 aliphatic carbocycles. The Kier molecular flexibility index (Phi) is 4.75. The third-order valence-electron chi connectivity index (χ3n) is 5.96. The van der Waals surface area contributed by atoms with Gasteiger partial charge >= 0.3 is 0 Å². The maximum Gasteiger partial charge on any atom is 0.292 e. The number of carbonyl (C=O) groups excluding carboxylic acids is 2. The first-order valence-electron chi connectivity index (χ1n) is 9.80. The molecule has 0 radical (unpaired) electrons. The van der Waals surface area contributed by atoms with Gasteiger partial charge in [0.25, 0.3) is 5.91 Å². The van der Waals surface area contributed by atoms with Crippen LogP contribution >= 0.6 is 0 Å². The van der Waals surface area contributed by atoms with Crippen molar-refractivity contribution in [3.63, 3.8) is 0 Å². The Morgan fingerprint density at radius 1 is 0.800 bits per heavy atom. The molecule has 1 aromatic carbocycles. The molecule has 25 heavy (non-hydrogen) atoms. The normalized spacial score (nSPS) is 25.7. The predicted molar refractivity (Wildman–Crippen MR) is 98.0 cm³/mol. The summed E-state index contributed by atoms with van der Waals surface area (Å²) in [5.74, 6) is -0.0496. The Morgan fingerprint density at radius 2 is 1.40 bits per heavy atom. The molecule has 3 heterocycles. The Hall–Kier alpha value is -1.88. The van der Waals surface area contributed by atoms with E-state index in [1.54, 1.807) is 0 Å². The van der Waals surface area contributed by atoms with E-state index in [0.29, 0.717) is 6.42 Å². The Labute approximate surface area is 149 Å². The van der Waals surface area contributed by atoms with Gasteiger partial charge in [-0.25, -0.2) is 4.90 Å². The highest BCUT2D eigenvalue weighted by Crippen LogP contribution is 2.26. The fourth-order valence-electron chi connectivity index (χ4n) is 4.54. The van der Waals surface area contributed by atoms with E-state index in [9.17, 15) is 9.59 Å². The standard InChI is InChI=1S/C20H27N3O2/c24-19-15-18(22-13-5-2-6-14-22)20(25)23(19)17-9-7-16(8-10-17)21-11-3-1-4-12-21/h7-10,18H,1-6,11-15H2/p+1/t18-/m0/s1. The smallest absolute Gasteiger partial charge is 0.292 e. The molecular formula is C20H28N3O2+. The number of nitrogens with one attached hydrogen (secondary N) is 1. The van der Waals surface area contributed by atoms with Gasteiger partial charge in [-0.05, 0) is 62.8 Å². The number of carbonyl (C=O) groups is 2. The fraction of sp³-hybridized carbons (Fsp3) is 0.600. The van der Waals surface area contributed by atoms with Crippen molar-refractivity contribution < 1.29 is 14.5 Å². The van der Waals surface area contributed by atoms with E-state index in [-0.39, 0.29) is 17.9 Å². The molecule has 134 valence electrons. The topological polar surface area (TPSA) is 45.1 Å². The van der Waals surface area contributed by atoms with E-state index in [1.807, 2.05) is 12.1 Å². The van der Waals surface area contributed by atoms with Crippen molar-refractivity contribution in [1.82, 2.24) is 0 Å². The molecule has 1 aromatic rings. The van der Waals surface area contributed by atoms with Crippen LogP contribution in [0.5, 0.6) is 0 Å². The lowest BCUT2D eigenvalue weighted by molar-refractivity contribution is -0.919. The lowest BCUT2D eigenvalue weighted by atomic mass is 10.1. The number of rotatable bonds is 3. The number of nitrogens with zero attached hydrogens (tertiary/aromatic N) is 2. The molecule has 3 aliphatic heterocycles. The molecule has 0 bridgehead atoms. The fourth-order valence-corrected chi connectivity index (χ4v) is 4.54. The second-order valence-corrected chi connectivity index (χ2v) is 7.61. The van der Waals surface area contributed by atoms with Crippen LogP contribution in [0.3, 0.4) is 0 Å². The van der Waals surface area contributed by atoms with Crippen molar-refractivity contribution in [3.05, 3.63) is 24.3 Å². The van der Waals surface area contributed by atoms with Crippen LogP contribution in [0.2, 0.25) is 0 Å². The number of likely N-dealkylation sites (tertiary alicyclic amines) is 1. The molecule has 5 nitrogen and oxygen atoms in total. The Balaban J connectivity index is 1.48. The number of imide groups is 1. The van der Waals surface area contributed by atoms with Crippen molar-refractivity contribution in [2.75, 3.05) is 36.0 Å². The monoisotopic (exact) mass is 342 g/mol. The summed E-state index contributed by atoms with van der Waals surface area (Å²) in [5.41, 5.74) is 1.93. The first-order chi connectivity index (χ1) is 12.2. The van der Waals surface area contributed by atoms with Gasteiger partial charge in [-0.2, -0.15) is 0 Å². The lowest BCUT2D eigenvalue weighted by Crippen LogP contribution is -3.17. The molecule has 4 rings (SSSR count). The van der Waals surface area contributed by atoms with E-state index < -0.39 is 0 Å². The molecule has 2 amide bonds. The summed E-state index contributed by atoms with van der Waals surface area (Å²) in [6, 6.07) is 7.82. The minimum absolute atomic E-state index is 0.00683. The van der Waals surface area contributed by atoms with Crippen LogP contribution in [0.15, 0.2) is 24.3 Å². The van der Waals surface area contributed by atoms with Gasteiger partial charge in [0.1, 0.15) is 0 Å². The van der Waals surface area contributed by atoms with Crippen molar-refractivity contribution in [1.29, 1.82) is 0 Å². The molecule has 1 N–H and O–H groups in total. The van der Waals surface area contributed by atoms with Gasteiger partial charge in [-0.1, -0.05) is 0 Å². The van der Waals surface area contributed by atoms with Crippen molar-refractivity contribution in [2.24, 2.45) is 0 Å². The van der Waals surface area contributed by atoms with Crippen LogP contribution < -0.4 is 14.7 Å². The number of benzene rings is 1. The van der Waals surface area contributed by atoms with Crippen LogP contribution in [-0.4, -0.2) is 44.0 Å². The van der Waals surface area contributed by atoms with Crippen LogP contribution in [0.4, 0.5) is 11.4 Å². The third kappa shape index (κ3) is 3.30. The first-order valence-corrected chi connectivity index (χ1v) is 9.80. The molecule has 0 aromatic heterocycles. The van der Waals surface area contributed by atoms with Crippen LogP contribution in [0.25, 0.3) is 0 Å². The number of piperidine rings is 2. The summed E-state index contributed by atoms with van der Waals surface area (Å²) in [5, 5.41) is 0. The minimum atomic E-state index is -0.172. The molecule has 3 aliphatic rings. The lowest BCUT2D eigenvalue weighted by Gasteiger charge is -2.29. The molecule has 1 atom stereocenters. The molecule has 3 fully saturated rings. The van der Waals surface area contributed by atoms with E-state index in [1.165, 1.54) is 41.2 Å². The second kappa shape index (κ2) is 7.16. The number of hydrogen-bond acceptors (Lipinski definition) is 3. The van der Waals surface area contributed by atoms with Gasteiger partial charge in [0.05, 0.1) is 25.2 Å². The molecule has 5 heteroatoms.